The molecule has 0 saturated heterocycles. The second-order valence-corrected chi connectivity index (χ2v) is 3.32. The SMILES string of the molecule is CC(=O)O[C@H]1C=COC(C)[C@H]1OC(C)=O. The number of hydrogen-bond acceptors (Lipinski definition) is 5. The Kier molecular flexibility index (Phi) is 3.71. The molecule has 1 heterocycles. The highest BCUT2D eigenvalue weighted by Crippen LogP contribution is 2.18. The van der Waals surface area contributed by atoms with E-state index in [1.54, 1.807) is 13.0 Å². The zero-order valence-electron chi connectivity index (χ0n) is 8.93. The highest BCUT2D eigenvalue weighted by atomic mass is 16.6. The van der Waals surface area contributed by atoms with E-state index in [9.17, 15) is 9.59 Å². The van der Waals surface area contributed by atoms with Gasteiger partial charge in [0.25, 0.3) is 0 Å². The fraction of sp³-hybridized carbons (Fsp3) is 0.600. The second-order valence-electron chi connectivity index (χ2n) is 3.32. The fourth-order valence-electron chi connectivity index (χ4n) is 1.35. The molecule has 0 aliphatic carbocycles. The summed E-state index contributed by atoms with van der Waals surface area (Å²) < 4.78 is 15.2. The molecule has 84 valence electrons. The second kappa shape index (κ2) is 4.82. The van der Waals surface area contributed by atoms with Gasteiger partial charge in [0.15, 0.2) is 12.2 Å². The molecule has 0 radical (unpaired) electrons. The topological polar surface area (TPSA) is 61.8 Å². The Hall–Kier alpha value is -1.52. The first-order chi connectivity index (χ1) is 7.00. The minimum atomic E-state index is -0.587. The molecule has 0 aromatic carbocycles. The van der Waals surface area contributed by atoms with Crippen molar-refractivity contribution in [3.63, 3.8) is 0 Å². The van der Waals surface area contributed by atoms with E-state index in [-0.39, 0.29) is 6.10 Å². The highest BCUT2D eigenvalue weighted by molar-refractivity contribution is 5.67. The molecular weight excluding hydrogens is 200 g/mol. The lowest BCUT2D eigenvalue weighted by Crippen LogP contribution is -2.43. The zero-order valence-corrected chi connectivity index (χ0v) is 8.93. The number of carbonyl (C=O) groups is 2. The predicted octanol–water partition coefficient (Wildman–Crippen LogP) is 0.782. The van der Waals surface area contributed by atoms with E-state index >= 15 is 0 Å². The van der Waals surface area contributed by atoms with Gasteiger partial charge in [0, 0.05) is 13.8 Å². The van der Waals surface area contributed by atoms with E-state index in [0.717, 1.165) is 0 Å². The highest BCUT2D eigenvalue weighted by Gasteiger charge is 2.34. The lowest BCUT2D eigenvalue weighted by molar-refractivity contribution is -0.172. The van der Waals surface area contributed by atoms with Crippen LogP contribution in [0.3, 0.4) is 0 Å². The summed E-state index contributed by atoms with van der Waals surface area (Å²) in [4.78, 5) is 21.7. The molecule has 1 rings (SSSR count). The Bertz CT molecular complexity index is 284. The van der Waals surface area contributed by atoms with Crippen LogP contribution in [0, 0.1) is 0 Å². The molecule has 0 aromatic heterocycles. The van der Waals surface area contributed by atoms with Gasteiger partial charge in [0.1, 0.15) is 6.10 Å². The van der Waals surface area contributed by atoms with E-state index in [1.165, 1.54) is 20.1 Å². The lowest BCUT2D eigenvalue weighted by Gasteiger charge is -2.31. The maximum Gasteiger partial charge on any atom is 0.303 e. The molecule has 1 aliphatic rings. The van der Waals surface area contributed by atoms with Gasteiger partial charge in [-0.25, -0.2) is 0 Å². The number of esters is 2. The normalized spacial score (nSPS) is 29.1. The largest absolute Gasteiger partial charge is 0.494 e. The van der Waals surface area contributed by atoms with E-state index in [0.29, 0.717) is 0 Å². The van der Waals surface area contributed by atoms with Gasteiger partial charge in [-0.1, -0.05) is 0 Å². The summed E-state index contributed by atoms with van der Waals surface area (Å²) >= 11 is 0. The van der Waals surface area contributed by atoms with Crippen molar-refractivity contribution in [1.29, 1.82) is 0 Å². The summed E-state index contributed by atoms with van der Waals surface area (Å²) in [6.45, 7) is 4.35. The smallest absolute Gasteiger partial charge is 0.303 e. The summed E-state index contributed by atoms with van der Waals surface area (Å²) in [5.41, 5.74) is 0. The molecule has 0 amide bonds. The zero-order chi connectivity index (χ0) is 11.4. The van der Waals surface area contributed by atoms with Gasteiger partial charge in [-0.05, 0) is 13.0 Å². The van der Waals surface area contributed by atoms with Crippen LogP contribution in [0.5, 0.6) is 0 Å². The molecule has 15 heavy (non-hydrogen) atoms. The minimum Gasteiger partial charge on any atom is -0.494 e. The Morgan fingerprint density at radius 1 is 1.20 bits per heavy atom. The number of carbonyl (C=O) groups excluding carboxylic acids is 2. The first-order valence-electron chi connectivity index (χ1n) is 4.67. The van der Waals surface area contributed by atoms with Crippen LogP contribution in [-0.2, 0) is 23.8 Å². The van der Waals surface area contributed by atoms with Gasteiger partial charge in [-0.2, -0.15) is 0 Å². The van der Waals surface area contributed by atoms with Crippen LogP contribution in [0.2, 0.25) is 0 Å². The predicted molar refractivity (Wildman–Crippen MR) is 50.8 cm³/mol. The van der Waals surface area contributed by atoms with Gasteiger partial charge in [-0.15, -0.1) is 0 Å². The first-order valence-corrected chi connectivity index (χ1v) is 4.67. The van der Waals surface area contributed by atoms with Gasteiger partial charge < -0.3 is 14.2 Å². The molecule has 1 aliphatic heterocycles. The molecule has 0 saturated carbocycles. The van der Waals surface area contributed by atoms with Crippen molar-refractivity contribution in [2.45, 2.75) is 39.1 Å². The molecule has 0 fully saturated rings. The summed E-state index contributed by atoms with van der Waals surface area (Å²) in [5.74, 6) is -0.848. The Morgan fingerprint density at radius 2 is 1.80 bits per heavy atom. The van der Waals surface area contributed by atoms with Crippen LogP contribution in [0.4, 0.5) is 0 Å². The fourth-order valence-corrected chi connectivity index (χ4v) is 1.35. The Morgan fingerprint density at radius 3 is 2.33 bits per heavy atom. The molecule has 1 unspecified atom stereocenters. The van der Waals surface area contributed by atoms with Crippen LogP contribution < -0.4 is 0 Å². The van der Waals surface area contributed by atoms with Crippen LogP contribution in [0.25, 0.3) is 0 Å². The molecule has 5 heteroatoms. The third kappa shape index (κ3) is 3.27. The monoisotopic (exact) mass is 214 g/mol. The summed E-state index contributed by atoms with van der Waals surface area (Å²) in [7, 11) is 0. The Balaban J connectivity index is 2.71. The first kappa shape index (κ1) is 11.6. The van der Waals surface area contributed by atoms with Crippen LogP contribution in [0.15, 0.2) is 12.3 Å². The molecule has 0 N–H and O–H groups in total. The van der Waals surface area contributed by atoms with Gasteiger partial charge in [0.05, 0.1) is 6.26 Å². The van der Waals surface area contributed by atoms with Gasteiger partial charge >= 0.3 is 11.9 Å². The third-order valence-electron chi connectivity index (χ3n) is 1.95. The standard InChI is InChI=1S/C10H14O5/c1-6-10(15-8(3)12)9(4-5-13-6)14-7(2)11/h4-6,9-10H,1-3H3/t6?,9-,10+/m0/s1. The number of rotatable bonds is 2. The minimum absolute atomic E-state index is 0.330. The van der Waals surface area contributed by atoms with Crippen molar-refractivity contribution < 1.29 is 23.8 Å². The van der Waals surface area contributed by atoms with Crippen molar-refractivity contribution in [2.24, 2.45) is 0 Å². The van der Waals surface area contributed by atoms with Crippen molar-refractivity contribution >= 4 is 11.9 Å². The van der Waals surface area contributed by atoms with E-state index in [2.05, 4.69) is 0 Å². The molecular formula is C10H14O5. The Labute approximate surface area is 88.0 Å². The lowest BCUT2D eigenvalue weighted by atomic mass is 10.1. The quantitative estimate of drug-likeness (QED) is 0.636. The maximum atomic E-state index is 10.8. The average Bonchev–Trinajstić information content (AvgIpc) is 2.09. The van der Waals surface area contributed by atoms with Gasteiger partial charge in [0.2, 0.25) is 0 Å². The van der Waals surface area contributed by atoms with Crippen molar-refractivity contribution in [3.05, 3.63) is 12.3 Å². The summed E-state index contributed by atoms with van der Waals surface area (Å²) in [5, 5.41) is 0. The third-order valence-corrected chi connectivity index (χ3v) is 1.95. The molecule has 0 spiro atoms. The molecule has 5 nitrogen and oxygen atoms in total. The van der Waals surface area contributed by atoms with E-state index in [4.69, 9.17) is 14.2 Å². The average molecular weight is 214 g/mol. The molecule has 0 aromatic rings. The summed E-state index contributed by atoms with van der Waals surface area (Å²) in [6, 6.07) is 0. The van der Waals surface area contributed by atoms with E-state index in [1.807, 2.05) is 0 Å². The maximum absolute atomic E-state index is 10.8. The van der Waals surface area contributed by atoms with E-state index < -0.39 is 24.1 Å². The van der Waals surface area contributed by atoms with Crippen LogP contribution >= 0.6 is 0 Å². The number of hydrogen-bond donors (Lipinski definition) is 0. The van der Waals surface area contributed by atoms with Crippen molar-refractivity contribution in [1.82, 2.24) is 0 Å². The number of ether oxygens (including phenoxy) is 3. The summed E-state index contributed by atoms with van der Waals surface area (Å²) in [6.07, 6.45) is 1.50. The van der Waals surface area contributed by atoms with Crippen LogP contribution in [-0.4, -0.2) is 30.3 Å². The van der Waals surface area contributed by atoms with Gasteiger partial charge in [-0.3, -0.25) is 9.59 Å². The molecule has 3 atom stereocenters. The molecule has 0 bridgehead atoms. The van der Waals surface area contributed by atoms with Crippen molar-refractivity contribution in [2.75, 3.05) is 0 Å². The van der Waals surface area contributed by atoms with Crippen LogP contribution in [0.1, 0.15) is 20.8 Å². The van der Waals surface area contributed by atoms with Crippen molar-refractivity contribution in [3.8, 4) is 0 Å².